The van der Waals surface area contributed by atoms with Crippen LogP contribution in [0.1, 0.15) is 38.3 Å². The first-order chi connectivity index (χ1) is 6.61. The van der Waals surface area contributed by atoms with Gasteiger partial charge in [-0.05, 0) is 32.3 Å². The fourth-order valence-corrected chi connectivity index (χ4v) is 2.12. The van der Waals surface area contributed by atoms with Crippen molar-refractivity contribution in [2.24, 2.45) is 0 Å². The van der Waals surface area contributed by atoms with Gasteiger partial charge in [-0.1, -0.05) is 30.3 Å². The highest BCUT2D eigenvalue weighted by molar-refractivity contribution is 5.20. The van der Waals surface area contributed by atoms with Crippen molar-refractivity contribution in [3.63, 3.8) is 0 Å². The molecule has 1 aromatic carbocycles. The van der Waals surface area contributed by atoms with Gasteiger partial charge in [0.15, 0.2) is 0 Å². The molecule has 2 nitrogen and oxygen atoms in total. The summed E-state index contributed by atoms with van der Waals surface area (Å²) < 4.78 is 0. The largest absolute Gasteiger partial charge is 0.142 e. The second-order valence-corrected chi connectivity index (χ2v) is 4.60. The molecular formula is C12H16NO. The van der Waals surface area contributed by atoms with Crippen LogP contribution in [0.4, 0.5) is 0 Å². The lowest BCUT2D eigenvalue weighted by molar-refractivity contribution is -0.221. The molecule has 2 rings (SSSR count). The summed E-state index contributed by atoms with van der Waals surface area (Å²) in [6.07, 6.45) is 1.95. The van der Waals surface area contributed by atoms with E-state index in [4.69, 9.17) is 0 Å². The number of hydrogen-bond donors (Lipinski definition) is 0. The average molecular weight is 190 g/mol. The van der Waals surface area contributed by atoms with Gasteiger partial charge >= 0.3 is 0 Å². The van der Waals surface area contributed by atoms with E-state index < -0.39 is 0 Å². The molecule has 0 aliphatic carbocycles. The molecule has 1 fully saturated rings. The van der Waals surface area contributed by atoms with E-state index in [1.807, 2.05) is 44.2 Å². The van der Waals surface area contributed by atoms with Gasteiger partial charge in [-0.15, -0.1) is 10.3 Å². The van der Waals surface area contributed by atoms with E-state index in [1.165, 1.54) is 5.06 Å². The zero-order chi connectivity index (χ0) is 10.2. The third kappa shape index (κ3) is 1.56. The summed E-state index contributed by atoms with van der Waals surface area (Å²) in [6, 6.07) is 10.1. The van der Waals surface area contributed by atoms with Crippen molar-refractivity contribution in [1.82, 2.24) is 5.06 Å². The van der Waals surface area contributed by atoms with Gasteiger partial charge in [0, 0.05) is 5.54 Å². The van der Waals surface area contributed by atoms with Crippen LogP contribution in [0, 0.1) is 0 Å². The van der Waals surface area contributed by atoms with Crippen LogP contribution >= 0.6 is 0 Å². The minimum Gasteiger partial charge on any atom is -0.142 e. The van der Waals surface area contributed by atoms with Crippen molar-refractivity contribution >= 4 is 0 Å². The number of benzene rings is 1. The molecule has 1 aliphatic rings. The molecule has 1 unspecified atom stereocenters. The molecule has 0 bridgehead atoms. The molecule has 0 spiro atoms. The fraction of sp³-hybridized carbons (Fsp3) is 0.500. The topological polar surface area (TPSA) is 23.1 Å². The van der Waals surface area contributed by atoms with Crippen LogP contribution in [-0.4, -0.2) is 10.6 Å². The molecule has 1 saturated heterocycles. The first-order valence-corrected chi connectivity index (χ1v) is 5.13. The first kappa shape index (κ1) is 9.69. The summed E-state index contributed by atoms with van der Waals surface area (Å²) >= 11 is 0. The van der Waals surface area contributed by atoms with Crippen LogP contribution in [0.5, 0.6) is 0 Å². The Hall–Kier alpha value is -0.860. The third-order valence-corrected chi connectivity index (χ3v) is 3.09. The molecule has 1 heterocycles. The van der Waals surface area contributed by atoms with Gasteiger partial charge in [0.25, 0.3) is 0 Å². The predicted octanol–water partition coefficient (Wildman–Crippen LogP) is 2.95. The number of hydroxylamine groups is 2. The van der Waals surface area contributed by atoms with Gasteiger partial charge in [-0.25, -0.2) is 0 Å². The maximum Gasteiger partial charge on any atom is 0.0639 e. The van der Waals surface area contributed by atoms with E-state index in [0.29, 0.717) is 0 Å². The van der Waals surface area contributed by atoms with E-state index >= 15 is 0 Å². The molecule has 1 aromatic rings. The Balaban J connectivity index is 2.23. The first-order valence-electron chi connectivity index (χ1n) is 5.13. The fourth-order valence-electron chi connectivity index (χ4n) is 2.12. The van der Waals surface area contributed by atoms with Gasteiger partial charge in [0.2, 0.25) is 0 Å². The highest BCUT2D eigenvalue weighted by Crippen LogP contribution is 2.40. The third-order valence-electron chi connectivity index (χ3n) is 3.09. The van der Waals surface area contributed by atoms with Crippen molar-refractivity contribution in [2.45, 2.75) is 38.3 Å². The van der Waals surface area contributed by atoms with E-state index in [1.54, 1.807) is 0 Å². The zero-order valence-electron chi connectivity index (χ0n) is 8.73. The van der Waals surface area contributed by atoms with Crippen molar-refractivity contribution in [3.8, 4) is 0 Å². The van der Waals surface area contributed by atoms with Crippen LogP contribution < -0.4 is 0 Å². The minimum atomic E-state index is -0.194. The van der Waals surface area contributed by atoms with Crippen molar-refractivity contribution in [1.29, 1.82) is 0 Å². The second kappa shape index (κ2) is 3.37. The molecule has 0 aromatic heterocycles. The Morgan fingerprint density at radius 1 is 1.29 bits per heavy atom. The van der Waals surface area contributed by atoms with Gasteiger partial charge in [0.05, 0.1) is 6.04 Å². The van der Waals surface area contributed by atoms with E-state index in [0.717, 1.165) is 18.4 Å². The van der Waals surface area contributed by atoms with E-state index in [9.17, 15) is 5.21 Å². The molecule has 1 radical (unpaired) electrons. The van der Waals surface area contributed by atoms with Crippen LogP contribution in [0.3, 0.4) is 0 Å². The molecule has 2 heteroatoms. The van der Waals surface area contributed by atoms with Crippen LogP contribution in [0.25, 0.3) is 0 Å². The molecular weight excluding hydrogens is 174 g/mol. The summed E-state index contributed by atoms with van der Waals surface area (Å²) in [6.45, 7) is 4.03. The number of hydrogen-bond acceptors (Lipinski definition) is 1. The number of nitrogens with zero attached hydrogens (tertiary/aromatic N) is 1. The summed E-state index contributed by atoms with van der Waals surface area (Å²) in [5.74, 6) is 0. The normalized spacial score (nSPS) is 26.6. The van der Waals surface area contributed by atoms with Gasteiger partial charge < -0.3 is 0 Å². The van der Waals surface area contributed by atoms with E-state index in [-0.39, 0.29) is 11.6 Å². The zero-order valence-corrected chi connectivity index (χ0v) is 8.73. The predicted molar refractivity (Wildman–Crippen MR) is 55.0 cm³/mol. The Morgan fingerprint density at radius 2 is 1.93 bits per heavy atom. The molecule has 75 valence electrons. The highest BCUT2D eigenvalue weighted by atomic mass is 16.5. The van der Waals surface area contributed by atoms with Crippen molar-refractivity contribution in [2.75, 3.05) is 0 Å². The highest BCUT2D eigenvalue weighted by Gasteiger charge is 2.40. The Bertz CT molecular complexity index is 307. The molecule has 0 amide bonds. The number of rotatable bonds is 1. The summed E-state index contributed by atoms with van der Waals surface area (Å²) in [5.41, 5.74) is 0.952. The molecule has 1 atom stereocenters. The molecule has 1 aliphatic heterocycles. The Morgan fingerprint density at radius 3 is 2.43 bits per heavy atom. The molecule has 14 heavy (non-hydrogen) atoms. The van der Waals surface area contributed by atoms with Crippen molar-refractivity contribution in [3.05, 3.63) is 35.9 Å². The lowest BCUT2D eigenvalue weighted by Gasteiger charge is -2.27. The van der Waals surface area contributed by atoms with Crippen LogP contribution in [0.15, 0.2) is 30.3 Å². The quantitative estimate of drug-likeness (QED) is 0.667. The van der Waals surface area contributed by atoms with Crippen LogP contribution in [-0.2, 0) is 5.21 Å². The van der Waals surface area contributed by atoms with E-state index in [2.05, 4.69) is 0 Å². The van der Waals surface area contributed by atoms with Gasteiger partial charge in [-0.2, -0.15) is 0 Å². The van der Waals surface area contributed by atoms with Gasteiger partial charge in [0.1, 0.15) is 0 Å². The van der Waals surface area contributed by atoms with Crippen molar-refractivity contribution < 1.29 is 5.21 Å². The maximum absolute atomic E-state index is 11.9. The summed E-state index contributed by atoms with van der Waals surface area (Å²) in [7, 11) is 0. The second-order valence-electron chi connectivity index (χ2n) is 4.60. The Kier molecular flexibility index (Phi) is 2.33. The minimum absolute atomic E-state index is 0.0613. The lowest BCUT2D eigenvalue weighted by atomic mass is 10.0. The lowest BCUT2D eigenvalue weighted by Crippen LogP contribution is -2.35. The van der Waals surface area contributed by atoms with Crippen LogP contribution in [0.2, 0.25) is 0 Å². The average Bonchev–Trinajstić information content (AvgIpc) is 2.44. The smallest absolute Gasteiger partial charge is 0.0639 e. The SMILES string of the molecule is CC1(C)CCC(c2ccccc2)N1[O]. The summed E-state index contributed by atoms with van der Waals surface area (Å²) in [4.78, 5) is 0. The van der Waals surface area contributed by atoms with Gasteiger partial charge in [-0.3, -0.25) is 0 Å². The molecule has 0 saturated carbocycles. The monoisotopic (exact) mass is 190 g/mol. The maximum atomic E-state index is 11.9. The summed E-state index contributed by atoms with van der Waals surface area (Å²) in [5, 5.41) is 13.2. The Labute approximate surface area is 85.1 Å². The molecule has 0 N–H and O–H groups in total. The standard InChI is InChI=1S/C12H16NO/c1-12(2)9-8-11(13(12)14)10-6-4-3-5-7-10/h3-7,11H,8-9H2,1-2H3.